The summed E-state index contributed by atoms with van der Waals surface area (Å²) in [5, 5.41) is 2.85. The standard InChI is InChI=1S/C14H16N4O3S/c15-13(20)18-5-1-2-8(7-18)12(19)16-9-3-4-10-11(6-9)21-14(22)17-10/h3-4,6,8H,1-2,5,7H2,(H2,15,20)(H,16,19)(H,17,22). The number of likely N-dealkylation sites (tertiary alicyclic amines) is 1. The number of oxazole rings is 1. The number of carbonyl (C=O) groups excluding carboxylic acids is 2. The van der Waals surface area contributed by atoms with Gasteiger partial charge in [-0.15, -0.1) is 0 Å². The molecule has 0 bridgehead atoms. The summed E-state index contributed by atoms with van der Waals surface area (Å²) in [7, 11) is 0. The molecule has 1 fully saturated rings. The zero-order valence-electron chi connectivity index (χ0n) is 11.8. The molecule has 2 aromatic rings. The van der Waals surface area contributed by atoms with Crippen molar-refractivity contribution in [3.63, 3.8) is 0 Å². The topological polar surface area (TPSA) is 104 Å². The first-order valence-electron chi connectivity index (χ1n) is 7.01. The molecule has 4 N–H and O–H groups in total. The Morgan fingerprint density at radius 3 is 3.05 bits per heavy atom. The monoisotopic (exact) mass is 320 g/mol. The maximum Gasteiger partial charge on any atom is 0.314 e. The Morgan fingerprint density at radius 1 is 1.45 bits per heavy atom. The van der Waals surface area contributed by atoms with Gasteiger partial charge in [0.15, 0.2) is 5.58 Å². The van der Waals surface area contributed by atoms with E-state index < -0.39 is 6.03 Å². The van der Waals surface area contributed by atoms with Gasteiger partial charge in [0.05, 0.1) is 11.4 Å². The Hall–Kier alpha value is -2.35. The van der Waals surface area contributed by atoms with E-state index in [0.717, 1.165) is 18.4 Å². The van der Waals surface area contributed by atoms with Gasteiger partial charge in [-0.1, -0.05) is 0 Å². The largest absolute Gasteiger partial charge is 0.429 e. The Morgan fingerprint density at radius 2 is 2.27 bits per heavy atom. The molecule has 3 rings (SSSR count). The summed E-state index contributed by atoms with van der Waals surface area (Å²) in [5.74, 6) is -0.381. The van der Waals surface area contributed by atoms with Crippen molar-refractivity contribution in [2.45, 2.75) is 12.8 Å². The number of rotatable bonds is 2. The number of piperidine rings is 1. The minimum Gasteiger partial charge on any atom is -0.429 e. The Balaban J connectivity index is 1.72. The average Bonchev–Trinajstić information content (AvgIpc) is 2.86. The van der Waals surface area contributed by atoms with Crippen LogP contribution in [0.2, 0.25) is 0 Å². The molecule has 0 aliphatic carbocycles. The second-order valence-corrected chi connectivity index (χ2v) is 5.71. The minimum absolute atomic E-state index is 0.126. The summed E-state index contributed by atoms with van der Waals surface area (Å²) >= 11 is 4.92. The lowest BCUT2D eigenvalue weighted by Gasteiger charge is -2.30. The van der Waals surface area contributed by atoms with Crippen LogP contribution in [0, 0.1) is 10.8 Å². The number of hydrogen-bond donors (Lipinski definition) is 3. The van der Waals surface area contributed by atoms with E-state index >= 15 is 0 Å². The van der Waals surface area contributed by atoms with Gasteiger partial charge in [0, 0.05) is 24.8 Å². The molecule has 7 nitrogen and oxygen atoms in total. The van der Waals surface area contributed by atoms with Crippen LogP contribution < -0.4 is 11.1 Å². The van der Waals surface area contributed by atoms with Gasteiger partial charge >= 0.3 is 6.03 Å². The molecule has 1 aromatic carbocycles. The van der Waals surface area contributed by atoms with E-state index in [-0.39, 0.29) is 11.8 Å². The molecule has 1 atom stereocenters. The maximum atomic E-state index is 12.3. The number of benzene rings is 1. The lowest BCUT2D eigenvalue weighted by atomic mass is 9.97. The predicted octanol–water partition coefficient (Wildman–Crippen LogP) is 2.22. The van der Waals surface area contributed by atoms with E-state index in [2.05, 4.69) is 10.3 Å². The number of fused-ring (bicyclic) bond motifs is 1. The summed E-state index contributed by atoms with van der Waals surface area (Å²) in [5.41, 5.74) is 7.27. The molecule has 1 aliphatic rings. The second-order valence-electron chi connectivity index (χ2n) is 5.34. The molecule has 0 radical (unpaired) electrons. The molecule has 0 spiro atoms. The normalized spacial score (nSPS) is 18.4. The number of aromatic amines is 1. The average molecular weight is 320 g/mol. The van der Waals surface area contributed by atoms with Gasteiger partial charge in [0.25, 0.3) is 4.84 Å². The number of amides is 3. The second kappa shape index (κ2) is 5.80. The van der Waals surface area contributed by atoms with Crippen LogP contribution in [0.15, 0.2) is 22.6 Å². The number of urea groups is 1. The molecule has 22 heavy (non-hydrogen) atoms. The third-order valence-corrected chi connectivity index (χ3v) is 3.98. The van der Waals surface area contributed by atoms with E-state index in [9.17, 15) is 9.59 Å². The highest BCUT2D eigenvalue weighted by molar-refractivity contribution is 7.71. The number of nitrogens with two attached hydrogens (primary N) is 1. The number of nitrogens with zero attached hydrogens (tertiary/aromatic N) is 1. The summed E-state index contributed by atoms with van der Waals surface area (Å²) < 4.78 is 5.32. The van der Waals surface area contributed by atoms with Crippen molar-refractivity contribution in [3.8, 4) is 0 Å². The molecular formula is C14H16N4O3S. The van der Waals surface area contributed by atoms with E-state index in [1.165, 1.54) is 4.90 Å². The summed E-state index contributed by atoms with van der Waals surface area (Å²) in [4.78, 5) is 28.2. The van der Waals surface area contributed by atoms with Crippen molar-refractivity contribution in [1.29, 1.82) is 0 Å². The van der Waals surface area contributed by atoms with Crippen molar-refractivity contribution in [2.75, 3.05) is 18.4 Å². The highest BCUT2D eigenvalue weighted by atomic mass is 32.1. The number of nitrogens with one attached hydrogen (secondary N) is 2. The van der Waals surface area contributed by atoms with Crippen LogP contribution in [0.3, 0.4) is 0 Å². The zero-order chi connectivity index (χ0) is 15.7. The third kappa shape index (κ3) is 2.96. The van der Waals surface area contributed by atoms with Crippen LogP contribution in [-0.2, 0) is 4.79 Å². The zero-order valence-corrected chi connectivity index (χ0v) is 12.6. The number of carbonyl (C=O) groups is 2. The molecule has 1 aromatic heterocycles. The number of aromatic nitrogens is 1. The van der Waals surface area contributed by atoms with Gasteiger partial charge in [-0.2, -0.15) is 0 Å². The molecular weight excluding hydrogens is 304 g/mol. The van der Waals surface area contributed by atoms with Gasteiger partial charge in [0.1, 0.15) is 0 Å². The van der Waals surface area contributed by atoms with Crippen LogP contribution in [0.4, 0.5) is 10.5 Å². The van der Waals surface area contributed by atoms with Crippen LogP contribution in [0.25, 0.3) is 11.1 Å². The minimum atomic E-state index is -0.483. The van der Waals surface area contributed by atoms with Crippen LogP contribution in [-0.4, -0.2) is 34.9 Å². The van der Waals surface area contributed by atoms with Gasteiger partial charge < -0.3 is 25.4 Å². The van der Waals surface area contributed by atoms with Crippen LogP contribution in [0.5, 0.6) is 0 Å². The fourth-order valence-electron chi connectivity index (χ4n) is 2.66. The highest BCUT2D eigenvalue weighted by Crippen LogP contribution is 2.21. The SMILES string of the molecule is NC(=O)N1CCCC(C(=O)Nc2ccc3[nH]c(=S)oc3c2)C1. The first-order valence-corrected chi connectivity index (χ1v) is 7.42. The van der Waals surface area contributed by atoms with Crippen LogP contribution >= 0.6 is 12.2 Å². The lowest BCUT2D eigenvalue weighted by Crippen LogP contribution is -2.46. The van der Waals surface area contributed by atoms with Crippen molar-refractivity contribution in [3.05, 3.63) is 23.0 Å². The van der Waals surface area contributed by atoms with Gasteiger partial charge in [-0.3, -0.25) is 4.79 Å². The molecule has 3 amide bonds. The fraction of sp³-hybridized carbons (Fsp3) is 0.357. The maximum absolute atomic E-state index is 12.3. The highest BCUT2D eigenvalue weighted by Gasteiger charge is 2.27. The van der Waals surface area contributed by atoms with Gasteiger partial charge in [0.2, 0.25) is 5.91 Å². The van der Waals surface area contributed by atoms with Crippen molar-refractivity contribution >= 4 is 40.9 Å². The number of H-pyrrole nitrogens is 1. The first kappa shape index (κ1) is 14.6. The molecule has 8 heteroatoms. The molecule has 116 valence electrons. The van der Waals surface area contributed by atoms with Gasteiger partial charge in [-0.25, -0.2) is 4.79 Å². The summed E-state index contributed by atoms with van der Waals surface area (Å²) in [6.45, 7) is 0.961. The molecule has 1 saturated heterocycles. The Bertz CT molecular complexity index is 782. The molecule has 1 unspecified atom stereocenters. The Kier molecular flexibility index (Phi) is 3.84. The summed E-state index contributed by atoms with van der Waals surface area (Å²) in [6, 6.07) is 4.80. The third-order valence-electron chi connectivity index (χ3n) is 3.79. The predicted molar refractivity (Wildman–Crippen MR) is 83.9 cm³/mol. The van der Waals surface area contributed by atoms with E-state index in [1.807, 2.05) is 0 Å². The van der Waals surface area contributed by atoms with E-state index in [4.69, 9.17) is 22.4 Å². The lowest BCUT2D eigenvalue weighted by molar-refractivity contribution is -0.121. The first-order chi connectivity index (χ1) is 10.5. The van der Waals surface area contributed by atoms with Crippen LogP contribution in [0.1, 0.15) is 12.8 Å². The van der Waals surface area contributed by atoms with Gasteiger partial charge in [-0.05, 0) is 37.2 Å². The number of anilines is 1. The summed E-state index contributed by atoms with van der Waals surface area (Å²) in [6.07, 6.45) is 1.51. The molecule has 0 saturated carbocycles. The van der Waals surface area contributed by atoms with Crippen molar-refractivity contribution < 1.29 is 14.0 Å². The van der Waals surface area contributed by atoms with Crippen molar-refractivity contribution in [1.82, 2.24) is 9.88 Å². The number of primary amides is 1. The van der Waals surface area contributed by atoms with Crippen molar-refractivity contribution in [2.24, 2.45) is 11.7 Å². The van der Waals surface area contributed by atoms with E-state index in [1.54, 1.807) is 18.2 Å². The Labute approximate surface area is 131 Å². The molecule has 2 heterocycles. The van der Waals surface area contributed by atoms with E-state index in [0.29, 0.717) is 29.2 Å². The smallest absolute Gasteiger partial charge is 0.314 e. The number of hydrogen-bond acceptors (Lipinski definition) is 4. The molecule has 1 aliphatic heterocycles. The fourth-order valence-corrected chi connectivity index (χ4v) is 2.86. The quantitative estimate of drug-likeness (QED) is 0.738.